The van der Waals surface area contributed by atoms with Crippen molar-refractivity contribution in [2.24, 2.45) is 5.73 Å². The van der Waals surface area contributed by atoms with Gasteiger partial charge in [0, 0.05) is 12.8 Å². The fourth-order valence-electron chi connectivity index (χ4n) is 2.61. The van der Waals surface area contributed by atoms with Crippen molar-refractivity contribution >= 4 is 17.1 Å². The fourth-order valence-corrected chi connectivity index (χ4v) is 2.61. The number of nitrogens with two attached hydrogens (primary N) is 1. The van der Waals surface area contributed by atoms with E-state index in [-0.39, 0.29) is 13.0 Å². The highest BCUT2D eigenvalue weighted by atomic mass is 16.5. The molecule has 10 heteroatoms. The molecule has 0 radical (unpaired) electrons. The van der Waals surface area contributed by atoms with Crippen LogP contribution in [-0.4, -0.2) is 65.7 Å². The molecule has 1 saturated heterocycles. The van der Waals surface area contributed by atoms with E-state index in [1.807, 2.05) is 0 Å². The molecule has 23 heavy (non-hydrogen) atoms. The number of hydrogen-bond donors (Lipinski definition) is 4. The number of rotatable bonds is 5. The van der Waals surface area contributed by atoms with Crippen LogP contribution in [0.3, 0.4) is 0 Å². The van der Waals surface area contributed by atoms with Crippen LogP contribution in [0, 0.1) is 0 Å². The first-order chi connectivity index (χ1) is 11.0. The lowest BCUT2D eigenvalue weighted by Crippen LogP contribution is -2.32. The molecule has 0 aliphatic carbocycles. The summed E-state index contributed by atoms with van der Waals surface area (Å²) in [6.07, 6.45) is 1.18. The third-order valence-electron chi connectivity index (χ3n) is 3.86. The number of hydrogen-bond acceptors (Lipinski definition) is 8. The minimum Gasteiger partial charge on any atom is -0.480 e. The molecular weight excluding hydrogens is 306 g/mol. The number of ether oxygens (including phenoxy) is 1. The number of fused-ring (bicyclic) bond motifs is 1. The molecule has 0 saturated carbocycles. The Morgan fingerprint density at radius 2 is 2.26 bits per heavy atom. The van der Waals surface area contributed by atoms with E-state index < -0.39 is 30.4 Å². The summed E-state index contributed by atoms with van der Waals surface area (Å²) in [7, 11) is 0. The summed E-state index contributed by atoms with van der Waals surface area (Å²) in [5, 5.41) is 27.9. The first kappa shape index (κ1) is 15.7. The van der Waals surface area contributed by atoms with E-state index in [0.29, 0.717) is 23.3 Å². The van der Waals surface area contributed by atoms with Crippen LogP contribution in [-0.2, 0) is 16.0 Å². The molecule has 0 aromatic carbocycles. The largest absolute Gasteiger partial charge is 0.480 e. The van der Waals surface area contributed by atoms with E-state index in [1.54, 1.807) is 4.57 Å². The van der Waals surface area contributed by atoms with E-state index in [4.69, 9.17) is 20.7 Å². The zero-order chi connectivity index (χ0) is 16.6. The van der Waals surface area contributed by atoms with Gasteiger partial charge in [-0.25, -0.2) is 15.0 Å². The highest BCUT2D eigenvalue weighted by molar-refractivity contribution is 5.77. The second-order valence-corrected chi connectivity index (χ2v) is 5.41. The molecule has 1 aliphatic rings. The molecule has 0 amide bonds. The van der Waals surface area contributed by atoms with Crippen LogP contribution >= 0.6 is 0 Å². The third-order valence-corrected chi connectivity index (χ3v) is 3.86. The van der Waals surface area contributed by atoms with Crippen molar-refractivity contribution in [3.05, 3.63) is 18.3 Å². The van der Waals surface area contributed by atoms with Gasteiger partial charge in [-0.3, -0.25) is 9.36 Å². The van der Waals surface area contributed by atoms with Crippen molar-refractivity contribution < 1.29 is 24.9 Å². The Morgan fingerprint density at radius 1 is 1.48 bits per heavy atom. The van der Waals surface area contributed by atoms with Crippen molar-refractivity contribution in [1.82, 2.24) is 19.5 Å². The predicted molar refractivity (Wildman–Crippen MR) is 76.3 cm³/mol. The standard InChI is InChI=1S/C13H17N5O5/c14-6(13(21)22)1-7-11-12(16-4-15-7)18(5-17-11)10-2-8(20)9(3-19)23-10/h4-6,8-10,19-20H,1-3,14H2,(H,21,22)/t6-,8-,9+,10+/m0/s1. The quantitative estimate of drug-likeness (QED) is 0.510. The molecule has 124 valence electrons. The number of carbonyl (C=O) groups is 1. The van der Waals surface area contributed by atoms with Gasteiger partial charge in [0.2, 0.25) is 0 Å². The number of carboxylic acid groups (broad SMARTS) is 1. The number of aromatic nitrogens is 4. The Hall–Kier alpha value is -2.14. The summed E-state index contributed by atoms with van der Waals surface area (Å²) < 4.78 is 7.21. The number of imidazole rings is 1. The molecule has 2 aromatic heterocycles. The van der Waals surface area contributed by atoms with Crippen molar-refractivity contribution in [3.63, 3.8) is 0 Å². The Morgan fingerprint density at radius 3 is 2.91 bits per heavy atom. The first-order valence-electron chi connectivity index (χ1n) is 7.10. The molecule has 0 bridgehead atoms. The molecular formula is C13H17N5O5. The van der Waals surface area contributed by atoms with Gasteiger partial charge in [0.1, 0.15) is 30.2 Å². The van der Waals surface area contributed by atoms with Gasteiger partial charge in [-0.05, 0) is 0 Å². The second kappa shape index (κ2) is 6.16. The zero-order valence-corrected chi connectivity index (χ0v) is 12.1. The maximum Gasteiger partial charge on any atom is 0.320 e. The van der Waals surface area contributed by atoms with E-state index >= 15 is 0 Å². The van der Waals surface area contributed by atoms with Gasteiger partial charge in [0.15, 0.2) is 5.65 Å². The molecule has 10 nitrogen and oxygen atoms in total. The average Bonchev–Trinajstić information content (AvgIpc) is 3.10. The van der Waals surface area contributed by atoms with E-state index in [2.05, 4.69) is 15.0 Å². The normalized spacial score (nSPS) is 25.8. The Balaban J connectivity index is 1.91. The van der Waals surface area contributed by atoms with E-state index in [0.717, 1.165) is 0 Å². The van der Waals surface area contributed by atoms with Gasteiger partial charge >= 0.3 is 5.97 Å². The SMILES string of the molecule is N[C@@H](Cc1ncnc2c1ncn2[C@H]1C[C@H](O)[C@@H](CO)O1)C(=O)O. The molecule has 1 aliphatic heterocycles. The second-order valence-electron chi connectivity index (χ2n) is 5.41. The molecule has 4 atom stereocenters. The number of aliphatic carboxylic acids is 1. The molecule has 3 heterocycles. The van der Waals surface area contributed by atoms with Gasteiger partial charge in [0.25, 0.3) is 0 Å². The maximum absolute atomic E-state index is 10.9. The van der Waals surface area contributed by atoms with Crippen molar-refractivity contribution in [2.75, 3.05) is 6.61 Å². The van der Waals surface area contributed by atoms with Crippen LogP contribution in [0.1, 0.15) is 18.3 Å². The Bertz CT molecular complexity index is 720. The van der Waals surface area contributed by atoms with Crippen molar-refractivity contribution in [3.8, 4) is 0 Å². The summed E-state index contributed by atoms with van der Waals surface area (Å²) in [6, 6.07) is -1.08. The van der Waals surface area contributed by atoms with Crippen LogP contribution < -0.4 is 5.73 Å². The molecule has 5 N–H and O–H groups in total. The number of aliphatic hydroxyl groups excluding tert-OH is 2. The summed E-state index contributed by atoms with van der Waals surface area (Å²) in [4.78, 5) is 23.3. The lowest BCUT2D eigenvalue weighted by Gasteiger charge is -2.13. The smallest absolute Gasteiger partial charge is 0.320 e. The maximum atomic E-state index is 10.9. The van der Waals surface area contributed by atoms with Gasteiger partial charge in [-0.1, -0.05) is 0 Å². The van der Waals surface area contributed by atoms with Crippen molar-refractivity contribution in [1.29, 1.82) is 0 Å². The lowest BCUT2D eigenvalue weighted by atomic mass is 10.1. The molecule has 3 rings (SSSR count). The highest BCUT2D eigenvalue weighted by Crippen LogP contribution is 2.30. The minimum atomic E-state index is -1.12. The minimum absolute atomic E-state index is 0.0266. The van der Waals surface area contributed by atoms with Crippen LogP contribution in [0.2, 0.25) is 0 Å². The van der Waals surface area contributed by atoms with E-state index in [1.165, 1.54) is 12.7 Å². The van der Waals surface area contributed by atoms with Gasteiger partial charge in [0.05, 0.1) is 24.7 Å². The van der Waals surface area contributed by atoms with Crippen LogP contribution in [0.5, 0.6) is 0 Å². The molecule has 0 spiro atoms. The monoisotopic (exact) mass is 323 g/mol. The third kappa shape index (κ3) is 2.88. The summed E-state index contributed by atoms with van der Waals surface area (Å²) in [5.41, 5.74) is 6.88. The number of carboxylic acids is 1. The van der Waals surface area contributed by atoms with Crippen LogP contribution in [0.15, 0.2) is 12.7 Å². The van der Waals surface area contributed by atoms with Crippen LogP contribution in [0.25, 0.3) is 11.2 Å². The van der Waals surface area contributed by atoms with Gasteiger partial charge in [-0.15, -0.1) is 0 Å². The van der Waals surface area contributed by atoms with Crippen LogP contribution in [0.4, 0.5) is 0 Å². The Kier molecular flexibility index (Phi) is 4.22. The fraction of sp³-hybridized carbons (Fsp3) is 0.538. The first-order valence-corrected chi connectivity index (χ1v) is 7.10. The number of nitrogens with zero attached hydrogens (tertiary/aromatic N) is 4. The predicted octanol–water partition coefficient (Wildman–Crippen LogP) is -1.58. The van der Waals surface area contributed by atoms with Gasteiger partial charge in [-0.2, -0.15) is 0 Å². The molecule has 1 fully saturated rings. The number of aliphatic hydroxyl groups is 2. The highest BCUT2D eigenvalue weighted by Gasteiger charge is 2.35. The lowest BCUT2D eigenvalue weighted by molar-refractivity contribution is -0.138. The average molecular weight is 323 g/mol. The summed E-state index contributed by atoms with van der Waals surface area (Å²) >= 11 is 0. The van der Waals surface area contributed by atoms with Crippen molar-refractivity contribution in [2.45, 2.75) is 37.3 Å². The van der Waals surface area contributed by atoms with Gasteiger partial charge < -0.3 is 25.8 Å². The molecule has 2 aromatic rings. The Labute approximate surface area is 130 Å². The molecule has 0 unspecified atom stereocenters. The zero-order valence-electron chi connectivity index (χ0n) is 12.1. The summed E-state index contributed by atoms with van der Waals surface area (Å²) in [5.74, 6) is -1.12. The summed E-state index contributed by atoms with van der Waals surface area (Å²) in [6.45, 7) is -0.280. The topological polar surface area (TPSA) is 157 Å². The van der Waals surface area contributed by atoms with E-state index in [9.17, 15) is 9.90 Å².